The van der Waals surface area contributed by atoms with Crippen molar-refractivity contribution in [2.75, 3.05) is 13.2 Å². The SMILES string of the molecule is O=C(Cn1cc(-c2ccccc2)nn1)NCc1ccnc(OC2CCOC2)c1. The van der Waals surface area contributed by atoms with Gasteiger partial charge in [0.25, 0.3) is 0 Å². The minimum absolute atomic E-state index is 0.0449. The lowest BCUT2D eigenvalue weighted by Gasteiger charge is -2.12. The van der Waals surface area contributed by atoms with Gasteiger partial charge in [0.1, 0.15) is 18.3 Å². The molecule has 28 heavy (non-hydrogen) atoms. The Morgan fingerprint density at radius 2 is 2.18 bits per heavy atom. The highest BCUT2D eigenvalue weighted by Crippen LogP contribution is 2.16. The maximum absolute atomic E-state index is 12.2. The second-order valence-corrected chi connectivity index (χ2v) is 6.55. The minimum atomic E-state index is -0.145. The summed E-state index contributed by atoms with van der Waals surface area (Å²) in [6.45, 7) is 1.80. The van der Waals surface area contributed by atoms with Crippen LogP contribution in [0.5, 0.6) is 5.88 Å². The highest BCUT2D eigenvalue weighted by Gasteiger charge is 2.17. The first-order chi connectivity index (χ1) is 13.8. The molecule has 8 heteroatoms. The summed E-state index contributed by atoms with van der Waals surface area (Å²) in [5.41, 5.74) is 2.62. The second kappa shape index (κ2) is 8.62. The molecule has 1 saturated heterocycles. The molecule has 0 saturated carbocycles. The zero-order valence-electron chi connectivity index (χ0n) is 15.3. The molecule has 144 valence electrons. The van der Waals surface area contributed by atoms with E-state index in [0.29, 0.717) is 25.6 Å². The summed E-state index contributed by atoms with van der Waals surface area (Å²) in [6.07, 6.45) is 4.35. The Labute approximate surface area is 162 Å². The van der Waals surface area contributed by atoms with Gasteiger partial charge >= 0.3 is 0 Å². The molecule has 1 fully saturated rings. The van der Waals surface area contributed by atoms with Crippen molar-refractivity contribution in [3.8, 4) is 17.1 Å². The fourth-order valence-corrected chi connectivity index (χ4v) is 2.92. The van der Waals surface area contributed by atoms with Crippen molar-refractivity contribution in [1.29, 1.82) is 0 Å². The number of carbonyl (C=O) groups excluding carboxylic acids is 1. The first-order valence-corrected chi connectivity index (χ1v) is 9.18. The molecule has 1 aromatic carbocycles. The Morgan fingerprint density at radius 1 is 1.29 bits per heavy atom. The minimum Gasteiger partial charge on any atom is -0.472 e. The maximum atomic E-state index is 12.2. The van der Waals surface area contributed by atoms with Gasteiger partial charge in [-0.05, 0) is 11.6 Å². The summed E-state index contributed by atoms with van der Waals surface area (Å²) in [5.74, 6) is 0.402. The van der Waals surface area contributed by atoms with Gasteiger partial charge in [0.2, 0.25) is 11.8 Å². The lowest BCUT2D eigenvalue weighted by atomic mass is 10.2. The number of pyridine rings is 1. The molecule has 3 heterocycles. The number of nitrogens with one attached hydrogen (secondary N) is 1. The van der Waals surface area contributed by atoms with Crippen LogP contribution >= 0.6 is 0 Å². The summed E-state index contributed by atoms with van der Waals surface area (Å²) >= 11 is 0. The van der Waals surface area contributed by atoms with Gasteiger partial charge in [-0.3, -0.25) is 4.79 Å². The number of rotatable bonds is 7. The molecule has 1 unspecified atom stereocenters. The smallest absolute Gasteiger partial charge is 0.242 e. The van der Waals surface area contributed by atoms with Crippen molar-refractivity contribution < 1.29 is 14.3 Å². The van der Waals surface area contributed by atoms with Crippen molar-refractivity contribution in [3.63, 3.8) is 0 Å². The number of aromatic nitrogens is 4. The Kier molecular flexibility index (Phi) is 5.58. The Balaban J connectivity index is 1.29. The topological polar surface area (TPSA) is 91.2 Å². The van der Waals surface area contributed by atoms with E-state index in [4.69, 9.17) is 9.47 Å². The van der Waals surface area contributed by atoms with Crippen LogP contribution in [-0.4, -0.2) is 45.2 Å². The average molecular weight is 379 g/mol. The summed E-state index contributed by atoms with van der Waals surface area (Å²) in [6, 6.07) is 13.4. The zero-order chi connectivity index (χ0) is 19.2. The molecule has 0 aliphatic carbocycles. The van der Waals surface area contributed by atoms with Crippen molar-refractivity contribution in [2.45, 2.75) is 25.6 Å². The maximum Gasteiger partial charge on any atom is 0.242 e. The van der Waals surface area contributed by atoms with Crippen LogP contribution in [0.4, 0.5) is 0 Å². The van der Waals surface area contributed by atoms with E-state index in [0.717, 1.165) is 23.2 Å². The molecule has 2 aromatic heterocycles. The monoisotopic (exact) mass is 379 g/mol. The van der Waals surface area contributed by atoms with E-state index in [1.54, 1.807) is 12.4 Å². The van der Waals surface area contributed by atoms with E-state index in [2.05, 4.69) is 20.6 Å². The van der Waals surface area contributed by atoms with Crippen molar-refractivity contribution in [3.05, 3.63) is 60.4 Å². The Morgan fingerprint density at radius 3 is 3.00 bits per heavy atom. The van der Waals surface area contributed by atoms with Crippen LogP contribution in [0.15, 0.2) is 54.9 Å². The Bertz CT molecular complexity index is 922. The van der Waals surface area contributed by atoms with Crippen LogP contribution in [-0.2, 0) is 22.6 Å². The molecule has 0 bridgehead atoms. The van der Waals surface area contributed by atoms with E-state index in [1.165, 1.54) is 4.68 Å². The first-order valence-electron chi connectivity index (χ1n) is 9.18. The van der Waals surface area contributed by atoms with Gasteiger partial charge in [0.05, 0.1) is 19.4 Å². The van der Waals surface area contributed by atoms with E-state index in [9.17, 15) is 4.79 Å². The van der Waals surface area contributed by atoms with Crippen molar-refractivity contribution >= 4 is 5.91 Å². The molecule has 1 atom stereocenters. The molecular formula is C20H21N5O3. The van der Waals surface area contributed by atoms with Crippen molar-refractivity contribution in [2.24, 2.45) is 0 Å². The summed E-state index contributed by atoms with van der Waals surface area (Å²) in [4.78, 5) is 16.4. The molecule has 0 radical (unpaired) electrons. The standard InChI is InChI=1S/C20H21N5O3/c26-19(13-25-12-18(23-24-25)16-4-2-1-3-5-16)22-11-15-6-8-21-20(10-15)28-17-7-9-27-14-17/h1-6,8,10,12,17H,7,9,11,13-14H2,(H,22,26). The quantitative estimate of drug-likeness (QED) is 0.673. The Hall–Kier alpha value is -3.26. The predicted molar refractivity (Wildman–Crippen MR) is 101 cm³/mol. The number of benzene rings is 1. The number of carbonyl (C=O) groups is 1. The molecule has 8 nitrogen and oxygen atoms in total. The van der Waals surface area contributed by atoms with Gasteiger partial charge in [-0.2, -0.15) is 0 Å². The summed E-state index contributed by atoms with van der Waals surface area (Å²) in [7, 11) is 0. The van der Waals surface area contributed by atoms with E-state index in [-0.39, 0.29) is 18.6 Å². The van der Waals surface area contributed by atoms with E-state index < -0.39 is 0 Å². The van der Waals surface area contributed by atoms with Crippen LogP contribution in [0.3, 0.4) is 0 Å². The van der Waals surface area contributed by atoms with Gasteiger partial charge < -0.3 is 14.8 Å². The second-order valence-electron chi connectivity index (χ2n) is 6.55. The molecule has 4 rings (SSSR count). The number of nitrogens with zero attached hydrogens (tertiary/aromatic N) is 4. The van der Waals surface area contributed by atoms with Crippen LogP contribution in [0, 0.1) is 0 Å². The average Bonchev–Trinajstić information content (AvgIpc) is 3.40. The van der Waals surface area contributed by atoms with E-state index >= 15 is 0 Å². The van der Waals surface area contributed by atoms with Crippen LogP contribution in [0.2, 0.25) is 0 Å². The van der Waals surface area contributed by atoms with E-state index in [1.807, 2.05) is 42.5 Å². The van der Waals surface area contributed by atoms with Crippen LogP contribution in [0.1, 0.15) is 12.0 Å². The van der Waals surface area contributed by atoms with Crippen LogP contribution < -0.4 is 10.1 Å². The van der Waals surface area contributed by atoms with Gasteiger partial charge in [0, 0.05) is 30.8 Å². The molecule has 3 aromatic rings. The van der Waals surface area contributed by atoms with Gasteiger partial charge in [0.15, 0.2) is 0 Å². The number of ether oxygens (including phenoxy) is 2. The van der Waals surface area contributed by atoms with Gasteiger partial charge in [-0.1, -0.05) is 35.5 Å². The van der Waals surface area contributed by atoms with Crippen LogP contribution in [0.25, 0.3) is 11.3 Å². The molecule has 1 aliphatic rings. The fourth-order valence-electron chi connectivity index (χ4n) is 2.92. The van der Waals surface area contributed by atoms with Crippen molar-refractivity contribution in [1.82, 2.24) is 25.3 Å². The highest BCUT2D eigenvalue weighted by molar-refractivity contribution is 5.75. The highest BCUT2D eigenvalue weighted by atomic mass is 16.5. The normalized spacial score (nSPS) is 16.1. The molecule has 0 spiro atoms. The first kappa shape index (κ1) is 18.1. The number of hydrogen-bond acceptors (Lipinski definition) is 6. The molecule has 1 aliphatic heterocycles. The zero-order valence-corrected chi connectivity index (χ0v) is 15.3. The van der Waals surface area contributed by atoms with Gasteiger partial charge in [-0.25, -0.2) is 9.67 Å². The van der Waals surface area contributed by atoms with Gasteiger partial charge in [-0.15, -0.1) is 5.10 Å². The lowest BCUT2D eigenvalue weighted by molar-refractivity contribution is -0.122. The summed E-state index contributed by atoms with van der Waals surface area (Å²) in [5, 5.41) is 11.0. The molecule has 1 amide bonds. The lowest BCUT2D eigenvalue weighted by Crippen LogP contribution is -2.27. The fraction of sp³-hybridized carbons (Fsp3) is 0.300. The number of hydrogen-bond donors (Lipinski definition) is 1. The summed E-state index contributed by atoms with van der Waals surface area (Å²) < 4.78 is 12.6. The number of amides is 1. The third-order valence-electron chi connectivity index (χ3n) is 4.38. The molecular weight excluding hydrogens is 358 g/mol. The third-order valence-corrected chi connectivity index (χ3v) is 4.38. The largest absolute Gasteiger partial charge is 0.472 e. The third kappa shape index (κ3) is 4.72. The molecule has 1 N–H and O–H groups in total. The predicted octanol–water partition coefficient (Wildman–Crippen LogP) is 1.82.